The van der Waals surface area contributed by atoms with Gasteiger partial charge in [0, 0.05) is 6.04 Å². The molecule has 2 rings (SSSR count). The van der Waals surface area contributed by atoms with Crippen LogP contribution in [-0.4, -0.2) is 34.3 Å². The molecule has 1 N–H and O–H groups in total. The van der Waals surface area contributed by atoms with Crippen LogP contribution < -0.4 is 5.32 Å². The lowest BCUT2D eigenvalue weighted by Crippen LogP contribution is -2.72. The van der Waals surface area contributed by atoms with Crippen LogP contribution in [0.3, 0.4) is 0 Å². The zero-order chi connectivity index (χ0) is 15.3. The summed E-state index contributed by atoms with van der Waals surface area (Å²) < 4.78 is 0. The molecule has 4 nitrogen and oxygen atoms in total. The predicted molar refractivity (Wildman–Crippen MR) is 79.1 cm³/mol. The summed E-state index contributed by atoms with van der Waals surface area (Å²) in [6.45, 7) is 12.3. The molecule has 0 aromatic rings. The molecule has 0 spiro atoms. The highest BCUT2D eigenvalue weighted by Gasteiger charge is 2.56. The van der Waals surface area contributed by atoms with Gasteiger partial charge in [0.25, 0.3) is 0 Å². The van der Waals surface area contributed by atoms with Crippen LogP contribution in [0.2, 0.25) is 0 Å². The van der Waals surface area contributed by atoms with Crippen molar-refractivity contribution in [3.05, 3.63) is 0 Å². The Balaban J connectivity index is 2.37. The maximum absolute atomic E-state index is 13.0. The van der Waals surface area contributed by atoms with Gasteiger partial charge in [-0.05, 0) is 44.4 Å². The fraction of sp³-hybridized carbons (Fsp3) is 0.875. The summed E-state index contributed by atoms with van der Waals surface area (Å²) in [5, 5.41) is 3.01. The van der Waals surface area contributed by atoms with E-state index >= 15 is 0 Å². The molecule has 114 valence electrons. The minimum Gasteiger partial charge on any atom is -0.340 e. The molecule has 2 aliphatic rings. The van der Waals surface area contributed by atoms with E-state index in [4.69, 9.17) is 0 Å². The predicted octanol–water partition coefficient (Wildman–Crippen LogP) is 2.33. The van der Waals surface area contributed by atoms with Gasteiger partial charge >= 0.3 is 0 Å². The Kier molecular flexibility index (Phi) is 3.64. The highest BCUT2D eigenvalue weighted by Crippen LogP contribution is 2.43. The third kappa shape index (κ3) is 2.33. The van der Waals surface area contributed by atoms with Gasteiger partial charge in [-0.1, -0.05) is 27.7 Å². The molecule has 4 heteroatoms. The summed E-state index contributed by atoms with van der Waals surface area (Å²) in [7, 11) is 0. The van der Waals surface area contributed by atoms with Gasteiger partial charge in [0.15, 0.2) is 0 Å². The lowest BCUT2D eigenvalue weighted by molar-refractivity contribution is -0.160. The van der Waals surface area contributed by atoms with Crippen molar-refractivity contribution in [2.75, 3.05) is 0 Å². The minimum atomic E-state index is -0.692. The second kappa shape index (κ2) is 4.74. The molecule has 0 bridgehead atoms. The molecule has 2 amide bonds. The van der Waals surface area contributed by atoms with Crippen molar-refractivity contribution in [1.29, 1.82) is 0 Å². The second-order valence-corrected chi connectivity index (χ2v) is 7.64. The van der Waals surface area contributed by atoms with E-state index in [-0.39, 0.29) is 29.3 Å². The fourth-order valence-corrected chi connectivity index (χ4v) is 3.11. The number of carbonyl (C=O) groups is 2. The third-order valence-corrected chi connectivity index (χ3v) is 5.15. The molecule has 0 aromatic heterocycles. The van der Waals surface area contributed by atoms with Crippen LogP contribution >= 0.6 is 0 Å². The Hall–Kier alpha value is -1.06. The molecular formula is C16H28N2O2. The highest BCUT2D eigenvalue weighted by atomic mass is 16.2. The summed E-state index contributed by atoms with van der Waals surface area (Å²) in [4.78, 5) is 27.4. The Morgan fingerprint density at radius 3 is 2.30 bits per heavy atom. The average molecular weight is 280 g/mol. The number of amides is 2. The van der Waals surface area contributed by atoms with Gasteiger partial charge in [-0.3, -0.25) is 9.59 Å². The first-order chi connectivity index (χ1) is 9.13. The number of carbonyl (C=O) groups excluding carboxylic acids is 2. The van der Waals surface area contributed by atoms with Crippen LogP contribution in [0.25, 0.3) is 0 Å². The minimum absolute atomic E-state index is 0.0117. The van der Waals surface area contributed by atoms with E-state index in [0.29, 0.717) is 12.3 Å². The Labute approximate surface area is 122 Å². The van der Waals surface area contributed by atoms with Crippen molar-refractivity contribution in [3.8, 4) is 0 Å². The molecule has 1 aliphatic carbocycles. The monoisotopic (exact) mass is 280 g/mol. The van der Waals surface area contributed by atoms with Gasteiger partial charge in [0.1, 0.15) is 11.6 Å². The second-order valence-electron chi connectivity index (χ2n) is 7.64. The average Bonchev–Trinajstić information content (AvgIpc) is 3.15. The molecule has 3 atom stereocenters. The molecule has 3 unspecified atom stereocenters. The van der Waals surface area contributed by atoms with Crippen molar-refractivity contribution in [2.24, 2.45) is 11.3 Å². The molecule has 1 saturated heterocycles. The van der Waals surface area contributed by atoms with Crippen LogP contribution in [0, 0.1) is 11.3 Å². The lowest BCUT2D eigenvalue weighted by Gasteiger charge is -2.50. The van der Waals surface area contributed by atoms with Crippen molar-refractivity contribution in [1.82, 2.24) is 10.2 Å². The first-order valence-electron chi connectivity index (χ1n) is 7.77. The molecule has 20 heavy (non-hydrogen) atoms. The van der Waals surface area contributed by atoms with Crippen molar-refractivity contribution >= 4 is 11.8 Å². The van der Waals surface area contributed by atoms with Gasteiger partial charge < -0.3 is 10.2 Å². The molecule has 1 saturated carbocycles. The fourth-order valence-electron chi connectivity index (χ4n) is 3.11. The van der Waals surface area contributed by atoms with E-state index in [1.165, 1.54) is 0 Å². The number of hydrogen-bond acceptors (Lipinski definition) is 2. The van der Waals surface area contributed by atoms with Crippen molar-refractivity contribution < 1.29 is 9.59 Å². The topological polar surface area (TPSA) is 49.4 Å². The number of rotatable bonds is 3. The van der Waals surface area contributed by atoms with Gasteiger partial charge in [0.05, 0.1) is 0 Å². The van der Waals surface area contributed by atoms with E-state index in [0.717, 1.165) is 12.8 Å². The zero-order valence-corrected chi connectivity index (χ0v) is 13.6. The summed E-state index contributed by atoms with van der Waals surface area (Å²) in [5.74, 6) is 0.429. The molecule has 1 heterocycles. The largest absolute Gasteiger partial charge is 0.340 e. The molecule has 1 aliphatic heterocycles. The number of nitrogens with zero attached hydrogens (tertiary/aromatic N) is 1. The first kappa shape index (κ1) is 15.3. The molecule has 2 fully saturated rings. The summed E-state index contributed by atoms with van der Waals surface area (Å²) in [6, 6.07) is -0.285. The zero-order valence-electron chi connectivity index (χ0n) is 13.6. The third-order valence-electron chi connectivity index (χ3n) is 5.15. The number of nitrogens with one attached hydrogen (secondary N) is 1. The van der Waals surface area contributed by atoms with E-state index in [1.807, 2.05) is 18.7 Å². The van der Waals surface area contributed by atoms with Gasteiger partial charge in [-0.25, -0.2) is 0 Å². The molecule has 0 aromatic carbocycles. The van der Waals surface area contributed by atoms with Gasteiger partial charge in [-0.2, -0.15) is 0 Å². The van der Waals surface area contributed by atoms with E-state index in [2.05, 4.69) is 33.0 Å². The SMILES string of the molecule is CCC1C(=O)NC(C)(C2CC2)C(=O)N1C(C)C(C)(C)C. The van der Waals surface area contributed by atoms with E-state index in [1.54, 1.807) is 0 Å². The Morgan fingerprint density at radius 2 is 1.90 bits per heavy atom. The maximum atomic E-state index is 13.0. The Morgan fingerprint density at radius 1 is 1.35 bits per heavy atom. The highest BCUT2D eigenvalue weighted by molar-refractivity contribution is 6.00. The van der Waals surface area contributed by atoms with Gasteiger partial charge in [-0.15, -0.1) is 0 Å². The summed E-state index contributed by atoms with van der Waals surface area (Å²) >= 11 is 0. The van der Waals surface area contributed by atoms with E-state index in [9.17, 15) is 9.59 Å². The maximum Gasteiger partial charge on any atom is 0.249 e. The van der Waals surface area contributed by atoms with Crippen LogP contribution in [0.1, 0.15) is 60.8 Å². The Bertz CT molecular complexity index is 423. The van der Waals surface area contributed by atoms with Gasteiger partial charge in [0.2, 0.25) is 11.8 Å². The van der Waals surface area contributed by atoms with Crippen molar-refractivity contribution in [3.63, 3.8) is 0 Å². The van der Waals surface area contributed by atoms with Crippen molar-refractivity contribution in [2.45, 2.75) is 78.4 Å². The van der Waals surface area contributed by atoms with Crippen LogP contribution in [0.4, 0.5) is 0 Å². The molecule has 0 radical (unpaired) electrons. The quantitative estimate of drug-likeness (QED) is 0.862. The smallest absolute Gasteiger partial charge is 0.249 e. The van der Waals surface area contributed by atoms with Crippen LogP contribution in [-0.2, 0) is 9.59 Å². The number of piperazine rings is 1. The lowest BCUT2D eigenvalue weighted by atomic mass is 9.81. The first-order valence-corrected chi connectivity index (χ1v) is 7.77. The van der Waals surface area contributed by atoms with Crippen LogP contribution in [0.15, 0.2) is 0 Å². The summed E-state index contributed by atoms with van der Waals surface area (Å²) in [5.41, 5.74) is -0.729. The number of hydrogen-bond donors (Lipinski definition) is 1. The molecular weight excluding hydrogens is 252 g/mol. The summed E-state index contributed by atoms with van der Waals surface area (Å²) in [6.07, 6.45) is 2.74. The van der Waals surface area contributed by atoms with Crippen LogP contribution in [0.5, 0.6) is 0 Å². The van der Waals surface area contributed by atoms with E-state index < -0.39 is 5.54 Å². The standard InChI is InChI=1S/C16H28N2O2/c1-7-12-13(19)17-16(6,11-8-9-11)14(20)18(12)10(2)15(3,4)5/h10-12H,7-9H2,1-6H3,(H,17,19). The normalized spacial score (nSPS) is 33.1.